The first-order valence-corrected chi connectivity index (χ1v) is 11.1. The van der Waals surface area contributed by atoms with Gasteiger partial charge in [-0.3, -0.25) is 9.59 Å². The first-order valence-electron chi connectivity index (χ1n) is 9.96. The zero-order chi connectivity index (χ0) is 22.1. The Morgan fingerprint density at radius 1 is 0.967 bits per heavy atom. The van der Waals surface area contributed by atoms with Crippen molar-refractivity contribution >= 4 is 23.6 Å². The highest BCUT2D eigenvalue weighted by atomic mass is 32.2. The molecular formula is C23H28F2N2O2S. The first-order chi connectivity index (χ1) is 14.3. The summed E-state index contributed by atoms with van der Waals surface area (Å²) < 4.78 is 26.3. The van der Waals surface area contributed by atoms with Crippen LogP contribution in [0.4, 0.5) is 8.78 Å². The van der Waals surface area contributed by atoms with E-state index in [2.05, 4.69) is 5.32 Å². The van der Waals surface area contributed by atoms with Gasteiger partial charge in [-0.1, -0.05) is 31.2 Å². The lowest BCUT2D eigenvalue weighted by Crippen LogP contribution is -2.50. The SMILES string of the molecule is CC[C@@H](C)NC(=O)[C@@H](C)N(Cc1ccc(F)cc1)C(=O)CSCc1ccc(F)cc1. The van der Waals surface area contributed by atoms with Crippen LogP contribution in [0, 0.1) is 11.6 Å². The van der Waals surface area contributed by atoms with Crippen LogP contribution in [-0.4, -0.2) is 34.6 Å². The second-order valence-electron chi connectivity index (χ2n) is 7.26. The van der Waals surface area contributed by atoms with Crippen molar-refractivity contribution < 1.29 is 18.4 Å². The maximum atomic E-state index is 13.2. The smallest absolute Gasteiger partial charge is 0.242 e. The van der Waals surface area contributed by atoms with Crippen LogP contribution in [0.1, 0.15) is 38.3 Å². The number of nitrogens with one attached hydrogen (secondary N) is 1. The molecule has 7 heteroatoms. The minimum absolute atomic E-state index is 0.00979. The topological polar surface area (TPSA) is 49.4 Å². The third-order valence-electron chi connectivity index (χ3n) is 4.84. The highest BCUT2D eigenvalue weighted by molar-refractivity contribution is 7.99. The lowest BCUT2D eigenvalue weighted by atomic mass is 10.1. The van der Waals surface area contributed by atoms with Crippen LogP contribution in [0.2, 0.25) is 0 Å². The lowest BCUT2D eigenvalue weighted by Gasteiger charge is -2.29. The molecule has 30 heavy (non-hydrogen) atoms. The molecule has 2 rings (SSSR count). The van der Waals surface area contributed by atoms with Crippen molar-refractivity contribution in [3.63, 3.8) is 0 Å². The van der Waals surface area contributed by atoms with Crippen molar-refractivity contribution in [1.82, 2.24) is 10.2 Å². The van der Waals surface area contributed by atoms with Crippen LogP contribution in [0.15, 0.2) is 48.5 Å². The molecule has 2 amide bonds. The van der Waals surface area contributed by atoms with E-state index in [0.717, 1.165) is 17.5 Å². The predicted molar refractivity (Wildman–Crippen MR) is 117 cm³/mol. The number of hydrogen-bond acceptors (Lipinski definition) is 3. The normalized spacial score (nSPS) is 12.8. The van der Waals surface area contributed by atoms with Crippen molar-refractivity contribution in [2.24, 2.45) is 0 Å². The average molecular weight is 435 g/mol. The minimum Gasteiger partial charge on any atom is -0.352 e. The molecule has 0 aliphatic heterocycles. The van der Waals surface area contributed by atoms with Gasteiger partial charge in [0.25, 0.3) is 0 Å². The summed E-state index contributed by atoms with van der Waals surface area (Å²) in [5.41, 5.74) is 1.67. The largest absolute Gasteiger partial charge is 0.352 e. The van der Waals surface area contributed by atoms with Gasteiger partial charge in [0.05, 0.1) is 5.75 Å². The molecule has 0 aliphatic carbocycles. The van der Waals surface area contributed by atoms with Crippen molar-refractivity contribution in [2.45, 2.75) is 51.6 Å². The van der Waals surface area contributed by atoms with Crippen LogP contribution in [0.5, 0.6) is 0 Å². The molecule has 0 saturated heterocycles. The van der Waals surface area contributed by atoms with E-state index in [1.165, 1.54) is 40.9 Å². The van der Waals surface area contributed by atoms with Crippen molar-refractivity contribution in [3.05, 3.63) is 71.3 Å². The Bertz CT molecular complexity index is 828. The summed E-state index contributed by atoms with van der Waals surface area (Å²) in [6.45, 7) is 5.80. The van der Waals surface area contributed by atoms with Gasteiger partial charge in [0, 0.05) is 18.3 Å². The third kappa shape index (κ3) is 7.44. The summed E-state index contributed by atoms with van der Waals surface area (Å²) in [4.78, 5) is 27.1. The van der Waals surface area contributed by atoms with Crippen LogP contribution < -0.4 is 5.32 Å². The van der Waals surface area contributed by atoms with Gasteiger partial charge in [0.1, 0.15) is 17.7 Å². The molecule has 0 aromatic heterocycles. The molecule has 0 spiro atoms. The lowest BCUT2D eigenvalue weighted by molar-refractivity contribution is -0.138. The summed E-state index contributed by atoms with van der Waals surface area (Å²) >= 11 is 1.40. The number of thioether (sulfide) groups is 1. The van der Waals surface area contributed by atoms with Gasteiger partial charge in [-0.15, -0.1) is 11.8 Å². The molecule has 2 atom stereocenters. The summed E-state index contributed by atoms with van der Waals surface area (Å²) in [6, 6.07) is 11.4. The Morgan fingerprint density at radius 2 is 1.50 bits per heavy atom. The van der Waals surface area contributed by atoms with Gasteiger partial charge >= 0.3 is 0 Å². The number of amides is 2. The van der Waals surface area contributed by atoms with E-state index in [9.17, 15) is 18.4 Å². The zero-order valence-corrected chi connectivity index (χ0v) is 18.3. The van der Waals surface area contributed by atoms with E-state index in [0.29, 0.717) is 5.75 Å². The number of rotatable bonds is 10. The highest BCUT2D eigenvalue weighted by Gasteiger charge is 2.26. The minimum atomic E-state index is -0.664. The van der Waals surface area contributed by atoms with Crippen LogP contribution >= 0.6 is 11.8 Å². The second-order valence-corrected chi connectivity index (χ2v) is 8.25. The number of halogens is 2. The molecule has 0 aliphatic rings. The van der Waals surface area contributed by atoms with E-state index in [1.54, 1.807) is 31.2 Å². The van der Waals surface area contributed by atoms with Crippen LogP contribution in [0.3, 0.4) is 0 Å². The monoisotopic (exact) mass is 434 g/mol. The summed E-state index contributed by atoms with van der Waals surface area (Å²) in [5.74, 6) is -0.314. The number of hydrogen-bond donors (Lipinski definition) is 1. The Labute approximate surface area is 181 Å². The molecule has 0 fully saturated rings. The van der Waals surface area contributed by atoms with Crippen LogP contribution in [0.25, 0.3) is 0 Å². The van der Waals surface area contributed by atoms with Gasteiger partial charge < -0.3 is 10.2 Å². The Kier molecular flexibility index (Phi) is 9.30. The summed E-state index contributed by atoms with van der Waals surface area (Å²) in [5, 5.41) is 2.91. The first kappa shape index (κ1) is 23.9. The third-order valence-corrected chi connectivity index (χ3v) is 5.83. The average Bonchev–Trinajstić information content (AvgIpc) is 2.74. The molecule has 0 bridgehead atoms. The van der Waals surface area contributed by atoms with E-state index in [-0.39, 0.29) is 41.8 Å². The van der Waals surface area contributed by atoms with E-state index < -0.39 is 6.04 Å². The molecule has 2 aromatic rings. The highest BCUT2D eigenvalue weighted by Crippen LogP contribution is 2.17. The molecular weight excluding hydrogens is 406 g/mol. The predicted octanol–water partition coefficient (Wildman–Crippen LogP) is 4.53. The number of carbonyl (C=O) groups excluding carboxylic acids is 2. The number of benzene rings is 2. The van der Waals surface area contributed by atoms with Gasteiger partial charge in [-0.2, -0.15) is 0 Å². The summed E-state index contributed by atoms with van der Waals surface area (Å²) in [6.07, 6.45) is 0.790. The van der Waals surface area contributed by atoms with Gasteiger partial charge in [-0.05, 0) is 55.7 Å². The fourth-order valence-electron chi connectivity index (χ4n) is 2.75. The fraction of sp³-hybridized carbons (Fsp3) is 0.391. The van der Waals surface area contributed by atoms with Gasteiger partial charge in [0.2, 0.25) is 11.8 Å². The van der Waals surface area contributed by atoms with E-state index in [1.807, 2.05) is 13.8 Å². The molecule has 0 heterocycles. The van der Waals surface area contributed by atoms with E-state index in [4.69, 9.17) is 0 Å². The van der Waals surface area contributed by atoms with Crippen molar-refractivity contribution in [3.8, 4) is 0 Å². The Hall–Kier alpha value is -2.41. The van der Waals surface area contributed by atoms with E-state index >= 15 is 0 Å². The molecule has 4 nitrogen and oxygen atoms in total. The molecule has 2 aromatic carbocycles. The maximum Gasteiger partial charge on any atom is 0.242 e. The fourth-order valence-corrected chi connectivity index (χ4v) is 3.63. The van der Waals surface area contributed by atoms with Gasteiger partial charge in [0.15, 0.2) is 0 Å². The van der Waals surface area contributed by atoms with Crippen LogP contribution in [-0.2, 0) is 21.9 Å². The Morgan fingerprint density at radius 3 is 2.03 bits per heavy atom. The maximum absolute atomic E-state index is 13.2. The molecule has 162 valence electrons. The second kappa shape index (κ2) is 11.7. The van der Waals surface area contributed by atoms with Gasteiger partial charge in [-0.25, -0.2) is 8.78 Å². The standard InChI is InChI=1S/C23H28F2N2O2S/c1-4-16(2)26-23(29)17(3)27(13-18-5-9-20(24)10-6-18)22(28)15-30-14-19-7-11-21(25)12-8-19/h5-12,16-17H,4,13-15H2,1-3H3,(H,26,29)/t16-,17-/m1/s1. The summed E-state index contributed by atoms with van der Waals surface area (Å²) in [7, 11) is 0. The molecule has 0 radical (unpaired) electrons. The molecule has 1 N–H and O–H groups in total. The molecule has 0 saturated carbocycles. The zero-order valence-electron chi connectivity index (χ0n) is 17.5. The number of carbonyl (C=O) groups is 2. The quantitative estimate of drug-likeness (QED) is 0.598. The van der Waals surface area contributed by atoms with Crippen molar-refractivity contribution in [1.29, 1.82) is 0 Å². The van der Waals surface area contributed by atoms with Crippen molar-refractivity contribution in [2.75, 3.05) is 5.75 Å². The number of nitrogens with zero attached hydrogens (tertiary/aromatic N) is 1. The Balaban J connectivity index is 2.06. The molecule has 0 unspecified atom stereocenters.